The number of nitrogens with one attached hydrogen (secondary N) is 1. The highest BCUT2D eigenvalue weighted by molar-refractivity contribution is 5.95. The molecule has 176 valence electrons. The minimum Gasteiger partial charge on any atom is -0.501 e. The molecule has 1 aromatic heterocycles. The number of carbonyl (C=O) groups is 2. The Morgan fingerprint density at radius 2 is 1.82 bits per heavy atom. The summed E-state index contributed by atoms with van der Waals surface area (Å²) in [7, 11) is 1.38. The molecule has 0 spiro atoms. The Morgan fingerprint density at radius 1 is 1.15 bits per heavy atom. The van der Waals surface area contributed by atoms with Crippen molar-refractivity contribution in [1.82, 2.24) is 19.8 Å². The number of likely N-dealkylation sites (tertiary alicyclic amines) is 1. The van der Waals surface area contributed by atoms with Gasteiger partial charge in [-0.05, 0) is 29.8 Å². The second-order valence-electron chi connectivity index (χ2n) is 8.07. The van der Waals surface area contributed by atoms with Crippen LogP contribution in [0.4, 0.5) is 4.39 Å². The van der Waals surface area contributed by atoms with Crippen LogP contribution in [0.3, 0.4) is 0 Å². The van der Waals surface area contributed by atoms with Gasteiger partial charge in [0.05, 0.1) is 12.1 Å². The molecule has 9 nitrogen and oxygen atoms in total. The molecule has 4 rings (SSSR count). The molecule has 0 radical (unpaired) electrons. The first-order chi connectivity index (χ1) is 16.3. The van der Waals surface area contributed by atoms with Crippen molar-refractivity contribution in [3.63, 3.8) is 0 Å². The van der Waals surface area contributed by atoms with Crippen molar-refractivity contribution in [1.29, 1.82) is 0 Å². The van der Waals surface area contributed by atoms with E-state index in [1.165, 1.54) is 36.2 Å². The molecule has 3 N–H and O–H groups in total. The molecule has 1 aliphatic rings. The van der Waals surface area contributed by atoms with E-state index < -0.39 is 40.9 Å². The predicted molar refractivity (Wildman–Crippen MR) is 120 cm³/mol. The summed E-state index contributed by atoms with van der Waals surface area (Å²) in [5.74, 6) is -2.34. The normalized spacial score (nSPS) is 17.6. The summed E-state index contributed by atoms with van der Waals surface area (Å²) in [6.45, 7) is 0.0484. The van der Waals surface area contributed by atoms with Gasteiger partial charge < -0.3 is 20.4 Å². The van der Waals surface area contributed by atoms with Crippen LogP contribution in [0.1, 0.15) is 44.7 Å². The maximum absolute atomic E-state index is 13.1. The number of carbonyl (C=O) groups excluding carboxylic acids is 2. The molecule has 1 fully saturated rings. The van der Waals surface area contributed by atoms with E-state index in [0.717, 1.165) is 4.57 Å². The fourth-order valence-corrected chi connectivity index (χ4v) is 3.96. The molecule has 2 unspecified atom stereocenters. The fraction of sp³-hybridized carbons (Fsp3) is 0.250. The lowest BCUT2D eigenvalue weighted by atomic mass is 10.1. The molecule has 2 heterocycles. The maximum atomic E-state index is 13.1. The summed E-state index contributed by atoms with van der Waals surface area (Å²) in [6, 6.07) is 13.2. The number of amides is 2. The Hall–Kier alpha value is -4.05. The molecule has 2 aromatic carbocycles. The second-order valence-corrected chi connectivity index (χ2v) is 8.07. The molecular formula is C24H23FN4O5. The molecule has 1 aliphatic heterocycles. The Balaban J connectivity index is 1.65. The third-order valence-electron chi connectivity index (χ3n) is 5.74. The van der Waals surface area contributed by atoms with Crippen LogP contribution in [0.25, 0.3) is 0 Å². The zero-order valence-corrected chi connectivity index (χ0v) is 18.3. The highest BCUT2D eigenvalue weighted by Crippen LogP contribution is 2.32. The summed E-state index contributed by atoms with van der Waals surface area (Å²) < 4.78 is 14.2. The van der Waals surface area contributed by atoms with Crippen molar-refractivity contribution >= 4 is 11.8 Å². The van der Waals surface area contributed by atoms with E-state index in [4.69, 9.17) is 0 Å². The van der Waals surface area contributed by atoms with Crippen LogP contribution < -0.4 is 10.9 Å². The van der Waals surface area contributed by atoms with Gasteiger partial charge in [0.15, 0.2) is 5.69 Å². The van der Waals surface area contributed by atoms with Crippen LogP contribution in [0.5, 0.6) is 5.75 Å². The topological polar surface area (TPSA) is 125 Å². The first kappa shape index (κ1) is 23.1. The Bertz CT molecular complexity index is 1280. The molecule has 34 heavy (non-hydrogen) atoms. The minimum absolute atomic E-state index is 0.0194. The van der Waals surface area contributed by atoms with Gasteiger partial charge >= 0.3 is 0 Å². The molecule has 0 bridgehead atoms. The van der Waals surface area contributed by atoms with E-state index in [1.807, 2.05) is 0 Å². The van der Waals surface area contributed by atoms with Gasteiger partial charge in [0.25, 0.3) is 17.4 Å². The second kappa shape index (κ2) is 9.44. The monoisotopic (exact) mass is 466 g/mol. The van der Waals surface area contributed by atoms with Gasteiger partial charge in [0.2, 0.25) is 5.75 Å². The van der Waals surface area contributed by atoms with Gasteiger partial charge in [-0.1, -0.05) is 30.3 Å². The summed E-state index contributed by atoms with van der Waals surface area (Å²) >= 11 is 0. The largest absolute Gasteiger partial charge is 0.501 e. The number of hydrogen-bond acceptors (Lipinski definition) is 6. The van der Waals surface area contributed by atoms with E-state index in [2.05, 4.69) is 10.3 Å². The number of aliphatic hydroxyl groups excluding tert-OH is 1. The zero-order valence-electron chi connectivity index (χ0n) is 18.3. The lowest BCUT2D eigenvalue weighted by Gasteiger charge is -2.25. The van der Waals surface area contributed by atoms with Crippen molar-refractivity contribution in [3.8, 4) is 5.75 Å². The van der Waals surface area contributed by atoms with Crippen LogP contribution in [-0.4, -0.2) is 49.1 Å². The number of benzene rings is 2. The molecular weight excluding hydrogens is 443 g/mol. The van der Waals surface area contributed by atoms with Crippen molar-refractivity contribution < 1.29 is 24.2 Å². The molecule has 3 aromatic rings. The third-order valence-corrected chi connectivity index (χ3v) is 5.74. The van der Waals surface area contributed by atoms with Crippen LogP contribution in [-0.2, 0) is 13.6 Å². The number of rotatable bonds is 5. The lowest BCUT2D eigenvalue weighted by Crippen LogP contribution is -2.36. The maximum Gasteiger partial charge on any atom is 0.296 e. The summed E-state index contributed by atoms with van der Waals surface area (Å²) in [5, 5.41) is 23.2. The van der Waals surface area contributed by atoms with Crippen LogP contribution in [0.15, 0.2) is 59.4 Å². The summed E-state index contributed by atoms with van der Waals surface area (Å²) in [5.41, 5.74) is -0.335. The fourth-order valence-electron chi connectivity index (χ4n) is 3.96. The van der Waals surface area contributed by atoms with E-state index in [1.54, 1.807) is 30.3 Å². The highest BCUT2D eigenvalue weighted by Gasteiger charge is 2.39. The SMILES string of the molecule is Cn1c(C2CC(O)CN2C(=O)c2ccccc2)nc(C(=O)NCc2ccc(F)cc2)c(O)c1=O. The van der Waals surface area contributed by atoms with Gasteiger partial charge in [0.1, 0.15) is 11.6 Å². The average molecular weight is 466 g/mol. The quantitative estimate of drug-likeness (QED) is 0.524. The van der Waals surface area contributed by atoms with Crippen molar-refractivity contribution in [2.75, 3.05) is 6.54 Å². The number of β-amino-alcohol motifs (C(OH)–C–C–N with tert-alkyl or cyclic N) is 1. The van der Waals surface area contributed by atoms with Gasteiger partial charge in [-0.15, -0.1) is 0 Å². The van der Waals surface area contributed by atoms with Crippen LogP contribution in [0, 0.1) is 5.82 Å². The Morgan fingerprint density at radius 3 is 2.50 bits per heavy atom. The van der Waals surface area contributed by atoms with Crippen molar-refractivity contribution in [2.24, 2.45) is 7.05 Å². The zero-order chi connectivity index (χ0) is 24.4. The lowest BCUT2D eigenvalue weighted by molar-refractivity contribution is 0.0708. The molecule has 0 aliphatic carbocycles. The first-order valence-corrected chi connectivity index (χ1v) is 10.6. The average Bonchev–Trinajstić information content (AvgIpc) is 3.23. The number of halogens is 1. The third kappa shape index (κ3) is 4.53. The Labute approximate surface area is 194 Å². The summed E-state index contributed by atoms with van der Waals surface area (Å²) in [4.78, 5) is 44.2. The van der Waals surface area contributed by atoms with Gasteiger partial charge in [-0.3, -0.25) is 19.0 Å². The molecule has 10 heteroatoms. The van der Waals surface area contributed by atoms with Crippen LogP contribution >= 0.6 is 0 Å². The van der Waals surface area contributed by atoms with Crippen LogP contribution in [0.2, 0.25) is 0 Å². The molecule has 1 saturated heterocycles. The van der Waals surface area contributed by atoms with Gasteiger partial charge in [-0.25, -0.2) is 9.37 Å². The minimum atomic E-state index is -0.856. The number of nitrogens with zero attached hydrogens (tertiary/aromatic N) is 3. The first-order valence-electron chi connectivity index (χ1n) is 10.6. The number of hydrogen-bond donors (Lipinski definition) is 3. The predicted octanol–water partition coefficient (Wildman–Crippen LogP) is 1.50. The van der Waals surface area contributed by atoms with E-state index in [9.17, 15) is 29.0 Å². The van der Waals surface area contributed by atoms with E-state index in [-0.39, 0.29) is 31.2 Å². The highest BCUT2D eigenvalue weighted by atomic mass is 19.1. The van der Waals surface area contributed by atoms with Gasteiger partial charge in [0, 0.05) is 32.1 Å². The number of aromatic hydroxyl groups is 1. The number of aliphatic hydroxyl groups is 1. The van der Waals surface area contributed by atoms with Gasteiger partial charge in [-0.2, -0.15) is 0 Å². The standard InChI is InChI=1S/C24H23FN4O5/c1-28-21(18-11-17(30)13-29(18)23(33)15-5-3-2-4-6-15)27-19(20(31)24(28)34)22(32)26-12-14-7-9-16(25)10-8-14/h2-10,17-18,30-31H,11-13H2,1H3,(H,26,32). The van der Waals surface area contributed by atoms with E-state index >= 15 is 0 Å². The van der Waals surface area contributed by atoms with Crippen molar-refractivity contribution in [2.45, 2.75) is 25.1 Å². The number of aromatic nitrogens is 2. The smallest absolute Gasteiger partial charge is 0.296 e. The molecule has 2 atom stereocenters. The summed E-state index contributed by atoms with van der Waals surface area (Å²) in [6.07, 6.45) is -0.737. The van der Waals surface area contributed by atoms with E-state index in [0.29, 0.717) is 11.1 Å². The molecule has 2 amide bonds. The molecule has 0 saturated carbocycles. The van der Waals surface area contributed by atoms with Crippen molar-refractivity contribution in [3.05, 3.63) is 93.4 Å². The Kier molecular flexibility index (Phi) is 6.42.